The molecule has 0 aliphatic heterocycles. The second-order valence-corrected chi connectivity index (χ2v) is 3.84. The molecule has 15 heavy (non-hydrogen) atoms. The monoisotopic (exact) mass is 236 g/mol. The lowest BCUT2D eigenvalue weighted by atomic mass is 10.1. The molecule has 2 nitrogen and oxygen atoms in total. The van der Waals surface area contributed by atoms with Crippen molar-refractivity contribution in [1.82, 2.24) is 4.98 Å². The highest BCUT2D eigenvalue weighted by Gasteiger charge is 2.06. The van der Waals surface area contributed by atoms with Crippen LogP contribution in [0.4, 0.5) is 0 Å². The number of fused-ring (bicyclic) bond motifs is 1. The molecule has 0 saturated carbocycles. The summed E-state index contributed by atoms with van der Waals surface area (Å²) < 4.78 is 0. The SMILES string of the molecule is N#CCc1ccc2nc(Cl)ccc2c1Cl. The first-order valence-corrected chi connectivity index (χ1v) is 5.08. The number of pyridine rings is 1. The molecule has 1 aromatic carbocycles. The first kappa shape index (κ1) is 10.2. The van der Waals surface area contributed by atoms with Gasteiger partial charge in [-0.05, 0) is 23.8 Å². The Bertz CT molecular complexity index is 558. The molecule has 0 spiro atoms. The van der Waals surface area contributed by atoms with E-state index in [0.29, 0.717) is 16.6 Å². The number of aromatic nitrogens is 1. The van der Waals surface area contributed by atoms with Crippen molar-refractivity contribution in [2.45, 2.75) is 6.42 Å². The Hall–Kier alpha value is -1.30. The Balaban J connectivity index is 2.70. The molecule has 74 valence electrons. The molecule has 0 N–H and O–H groups in total. The topological polar surface area (TPSA) is 36.7 Å². The molecule has 0 aliphatic carbocycles. The largest absolute Gasteiger partial charge is 0.236 e. The van der Waals surface area contributed by atoms with Crippen molar-refractivity contribution >= 4 is 34.1 Å². The fraction of sp³-hybridized carbons (Fsp3) is 0.0909. The molecule has 0 radical (unpaired) electrons. The van der Waals surface area contributed by atoms with E-state index in [2.05, 4.69) is 11.1 Å². The molecule has 2 rings (SSSR count). The number of hydrogen-bond acceptors (Lipinski definition) is 2. The third-order valence-corrected chi connectivity index (χ3v) is 2.78. The first-order valence-electron chi connectivity index (χ1n) is 4.33. The molecule has 0 atom stereocenters. The Morgan fingerprint density at radius 1 is 1.20 bits per heavy atom. The van der Waals surface area contributed by atoms with Gasteiger partial charge in [0.05, 0.1) is 23.0 Å². The normalized spacial score (nSPS) is 10.2. The summed E-state index contributed by atoms with van der Waals surface area (Å²) in [6, 6.07) is 9.19. The number of nitrogens with zero attached hydrogens (tertiary/aromatic N) is 2. The summed E-state index contributed by atoms with van der Waals surface area (Å²) in [5, 5.41) is 10.5. The highest BCUT2D eigenvalue weighted by molar-refractivity contribution is 6.36. The van der Waals surface area contributed by atoms with Crippen molar-refractivity contribution in [3.63, 3.8) is 0 Å². The maximum atomic E-state index is 8.61. The van der Waals surface area contributed by atoms with Crippen molar-refractivity contribution in [3.05, 3.63) is 40.0 Å². The van der Waals surface area contributed by atoms with E-state index in [4.69, 9.17) is 28.5 Å². The molecule has 1 aromatic heterocycles. The predicted octanol–water partition coefficient (Wildman–Crippen LogP) is 3.61. The van der Waals surface area contributed by atoms with Crippen LogP contribution in [0.15, 0.2) is 24.3 Å². The van der Waals surface area contributed by atoms with Gasteiger partial charge in [0.25, 0.3) is 0 Å². The molecule has 0 fully saturated rings. The summed E-state index contributed by atoms with van der Waals surface area (Å²) in [5.41, 5.74) is 1.56. The van der Waals surface area contributed by atoms with Gasteiger partial charge in [-0.1, -0.05) is 29.3 Å². The van der Waals surface area contributed by atoms with E-state index in [0.717, 1.165) is 16.5 Å². The molecule has 2 aromatic rings. The number of hydrogen-bond donors (Lipinski definition) is 0. The van der Waals surface area contributed by atoms with Gasteiger partial charge in [0.15, 0.2) is 0 Å². The van der Waals surface area contributed by atoms with Crippen LogP contribution in [0, 0.1) is 11.3 Å². The molecule has 0 bridgehead atoms. The molecule has 0 aliphatic rings. The molecule has 0 amide bonds. The van der Waals surface area contributed by atoms with Crippen LogP contribution in [0.3, 0.4) is 0 Å². The fourth-order valence-corrected chi connectivity index (χ4v) is 1.85. The van der Waals surface area contributed by atoms with Crippen LogP contribution in [-0.2, 0) is 6.42 Å². The number of halogens is 2. The van der Waals surface area contributed by atoms with Crippen LogP contribution in [-0.4, -0.2) is 4.98 Å². The van der Waals surface area contributed by atoms with Gasteiger partial charge in [0, 0.05) is 5.39 Å². The Morgan fingerprint density at radius 2 is 2.00 bits per heavy atom. The Kier molecular flexibility index (Phi) is 2.77. The predicted molar refractivity (Wildman–Crippen MR) is 61.1 cm³/mol. The Morgan fingerprint density at radius 3 is 2.73 bits per heavy atom. The zero-order valence-electron chi connectivity index (χ0n) is 7.67. The third-order valence-electron chi connectivity index (χ3n) is 2.12. The Labute approximate surface area is 97.1 Å². The molecular weight excluding hydrogens is 231 g/mol. The van der Waals surface area contributed by atoms with Gasteiger partial charge < -0.3 is 0 Å². The summed E-state index contributed by atoms with van der Waals surface area (Å²) >= 11 is 11.9. The maximum Gasteiger partial charge on any atom is 0.129 e. The highest BCUT2D eigenvalue weighted by Crippen LogP contribution is 2.27. The van der Waals surface area contributed by atoms with E-state index in [-0.39, 0.29) is 0 Å². The minimum Gasteiger partial charge on any atom is -0.236 e. The zero-order valence-corrected chi connectivity index (χ0v) is 9.18. The number of benzene rings is 1. The van der Waals surface area contributed by atoms with Gasteiger partial charge in [-0.25, -0.2) is 4.98 Å². The number of nitriles is 1. The standard InChI is InChI=1S/C11H6Cl2N2/c12-10-4-2-8-9(15-10)3-1-7(5-6-14)11(8)13/h1-4H,5H2. The van der Waals surface area contributed by atoms with Gasteiger partial charge in [-0.2, -0.15) is 5.26 Å². The summed E-state index contributed by atoms with van der Waals surface area (Å²) in [6.45, 7) is 0. The van der Waals surface area contributed by atoms with Gasteiger partial charge in [0.2, 0.25) is 0 Å². The maximum absolute atomic E-state index is 8.61. The quantitative estimate of drug-likeness (QED) is 0.710. The third kappa shape index (κ3) is 1.90. The second kappa shape index (κ2) is 4.06. The zero-order chi connectivity index (χ0) is 10.8. The lowest BCUT2D eigenvalue weighted by molar-refractivity contribution is 1.27. The lowest BCUT2D eigenvalue weighted by Gasteiger charge is -2.04. The molecule has 1 heterocycles. The minimum absolute atomic E-state index is 0.303. The van der Waals surface area contributed by atoms with E-state index in [1.54, 1.807) is 12.1 Å². The van der Waals surface area contributed by atoms with Crippen LogP contribution in [0.1, 0.15) is 5.56 Å². The minimum atomic E-state index is 0.303. The first-order chi connectivity index (χ1) is 7.22. The molecule has 0 unspecified atom stereocenters. The van der Waals surface area contributed by atoms with E-state index >= 15 is 0 Å². The van der Waals surface area contributed by atoms with Gasteiger partial charge in [-0.15, -0.1) is 0 Å². The fourth-order valence-electron chi connectivity index (χ4n) is 1.41. The van der Waals surface area contributed by atoms with Gasteiger partial charge in [-0.3, -0.25) is 0 Å². The summed E-state index contributed by atoms with van der Waals surface area (Å²) in [7, 11) is 0. The van der Waals surface area contributed by atoms with Crippen LogP contribution >= 0.6 is 23.2 Å². The molecule has 4 heteroatoms. The average Bonchev–Trinajstić information content (AvgIpc) is 2.22. The van der Waals surface area contributed by atoms with E-state index in [1.807, 2.05) is 12.1 Å². The van der Waals surface area contributed by atoms with Crippen LogP contribution in [0.25, 0.3) is 10.9 Å². The lowest BCUT2D eigenvalue weighted by Crippen LogP contribution is -1.87. The van der Waals surface area contributed by atoms with Crippen molar-refractivity contribution in [3.8, 4) is 6.07 Å². The summed E-state index contributed by atoms with van der Waals surface area (Å²) in [6.07, 6.45) is 0.303. The van der Waals surface area contributed by atoms with Crippen molar-refractivity contribution in [1.29, 1.82) is 5.26 Å². The summed E-state index contributed by atoms with van der Waals surface area (Å²) in [5.74, 6) is 0. The average molecular weight is 237 g/mol. The van der Waals surface area contributed by atoms with E-state index in [9.17, 15) is 0 Å². The van der Waals surface area contributed by atoms with Crippen molar-refractivity contribution < 1.29 is 0 Å². The number of rotatable bonds is 1. The molecule has 0 saturated heterocycles. The van der Waals surface area contributed by atoms with Crippen LogP contribution in [0.5, 0.6) is 0 Å². The van der Waals surface area contributed by atoms with Gasteiger partial charge >= 0.3 is 0 Å². The van der Waals surface area contributed by atoms with Crippen LogP contribution in [0.2, 0.25) is 10.2 Å². The van der Waals surface area contributed by atoms with E-state index in [1.165, 1.54) is 0 Å². The molecular formula is C11H6Cl2N2. The van der Waals surface area contributed by atoms with E-state index < -0.39 is 0 Å². The smallest absolute Gasteiger partial charge is 0.129 e. The van der Waals surface area contributed by atoms with Gasteiger partial charge in [0.1, 0.15) is 5.15 Å². The van der Waals surface area contributed by atoms with Crippen LogP contribution < -0.4 is 0 Å². The highest BCUT2D eigenvalue weighted by atomic mass is 35.5. The van der Waals surface area contributed by atoms with Crippen molar-refractivity contribution in [2.75, 3.05) is 0 Å². The second-order valence-electron chi connectivity index (χ2n) is 3.07. The summed E-state index contributed by atoms with van der Waals surface area (Å²) in [4.78, 5) is 4.14. The van der Waals surface area contributed by atoms with Crippen molar-refractivity contribution in [2.24, 2.45) is 0 Å².